The van der Waals surface area contributed by atoms with Gasteiger partial charge in [0, 0.05) is 0 Å². The summed E-state index contributed by atoms with van der Waals surface area (Å²) in [4.78, 5) is 0. The number of nitrogens with one attached hydrogen (secondary N) is 1. The molecule has 1 aromatic carbocycles. The molecule has 94 valence electrons. The number of aryl methyl sites for hydroxylation is 2. The summed E-state index contributed by atoms with van der Waals surface area (Å²) < 4.78 is 5.26. The van der Waals surface area contributed by atoms with E-state index < -0.39 is 0 Å². The minimum Gasteiger partial charge on any atom is -0.497 e. The molecule has 0 radical (unpaired) electrons. The first kappa shape index (κ1) is 12.4. The molecule has 1 N–H and O–H groups in total. The van der Waals surface area contributed by atoms with Crippen LogP contribution in [0.4, 0.5) is 0 Å². The first-order chi connectivity index (χ1) is 8.29. The van der Waals surface area contributed by atoms with Crippen LogP contribution in [-0.2, 0) is 6.42 Å². The van der Waals surface area contributed by atoms with Crippen LogP contribution in [0.25, 0.3) is 0 Å². The average Bonchev–Trinajstić information content (AvgIpc) is 3.15. The molecule has 17 heavy (non-hydrogen) atoms. The fourth-order valence-corrected chi connectivity index (χ4v) is 2.08. The summed E-state index contributed by atoms with van der Waals surface area (Å²) in [6.45, 7) is 4.52. The first-order valence-corrected chi connectivity index (χ1v) is 6.64. The van der Waals surface area contributed by atoms with E-state index in [-0.39, 0.29) is 0 Å². The van der Waals surface area contributed by atoms with Crippen LogP contribution in [0.1, 0.15) is 30.4 Å². The second kappa shape index (κ2) is 6.06. The second-order valence-corrected chi connectivity index (χ2v) is 5.04. The second-order valence-electron chi connectivity index (χ2n) is 5.04. The zero-order valence-corrected chi connectivity index (χ0v) is 11.0. The monoisotopic (exact) mass is 233 g/mol. The van der Waals surface area contributed by atoms with Crippen LogP contribution in [0, 0.1) is 12.8 Å². The zero-order valence-electron chi connectivity index (χ0n) is 11.0. The van der Waals surface area contributed by atoms with E-state index in [1.807, 2.05) is 6.07 Å². The molecule has 1 saturated carbocycles. The molecule has 0 aromatic heterocycles. The summed E-state index contributed by atoms with van der Waals surface area (Å²) in [6, 6.07) is 6.34. The van der Waals surface area contributed by atoms with Crippen LogP contribution in [0.15, 0.2) is 18.2 Å². The minimum absolute atomic E-state index is 0.969. The Kier molecular flexibility index (Phi) is 4.43. The summed E-state index contributed by atoms with van der Waals surface area (Å²) in [5.74, 6) is 1.95. The normalized spacial score (nSPS) is 14.9. The molecule has 0 unspecified atom stereocenters. The molecular formula is C15H23NO. The van der Waals surface area contributed by atoms with Gasteiger partial charge in [-0.25, -0.2) is 0 Å². The van der Waals surface area contributed by atoms with Crippen molar-refractivity contribution >= 4 is 0 Å². The van der Waals surface area contributed by atoms with E-state index in [0.717, 1.165) is 24.6 Å². The van der Waals surface area contributed by atoms with E-state index in [9.17, 15) is 0 Å². The summed E-state index contributed by atoms with van der Waals surface area (Å²) in [7, 11) is 1.73. The fraction of sp³-hybridized carbons (Fsp3) is 0.600. The Bertz CT molecular complexity index is 358. The molecule has 0 bridgehead atoms. The van der Waals surface area contributed by atoms with Gasteiger partial charge in [0.1, 0.15) is 5.75 Å². The molecule has 0 heterocycles. The van der Waals surface area contributed by atoms with Crippen molar-refractivity contribution in [3.63, 3.8) is 0 Å². The maximum atomic E-state index is 5.26. The van der Waals surface area contributed by atoms with Gasteiger partial charge in [-0.2, -0.15) is 0 Å². The van der Waals surface area contributed by atoms with Gasteiger partial charge in [-0.1, -0.05) is 6.07 Å². The van der Waals surface area contributed by atoms with Crippen LogP contribution < -0.4 is 10.1 Å². The lowest BCUT2D eigenvalue weighted by molar-refractivity contribution is 0.414. The molecular weight excluding hydrogens is 210 g/mol. The van der Waals surface area contributed by atoms with Crippen LogP contribution >= 0.6 is 0 Å². The smallest absolute Gasteiger partial charge is 0.119 e. The highest BCUT2D eigenvalue weighted by atomic mass is 16.5. The third-order valence-electron chi connectivity index (χ3n) is 3.49. The molecule has 0 spiro atoms. The lowest BCUT2D eigenvalue weighted by atomic mass is 10.0. The summed E-state index contributed by atoms with van der Waals surface area (Å²) in [6.07, 6.45) is 5.21. The Morgan fingerprint density at radius 1 is 1.35 bits per heavy atom. The van der Waals surface area contributed by atoms with E-state index in [4.69, 9.17) is 4.74 Å². The van der Waals surface area contributed by atoms with Gasteiger partial charge in [-0.3, -0.25) is 0 Å². The molecule has 2 nitrogen and oxygen atoms in total. The molecule has 1 aliphatic carbocycles. The molecule has 0 amide bonds. The predicted molar refractivity (Wildman–Crippen MR) is 71.6 cm³/mol. The Labute approximate surface area is 104 Å². The summed E-state index contributed by atoms with van der Waals surface area (Å²) in [5.41, 5.74) is 2.78. The predicted octanol–water partition coefficient (Wildman–Crippen LogP) is 2.94. The Balaban J connectivity index is 1.72. The Hall–Kier alpha value is -1.02. The van der Waals surface area contributed by atoms with Gasteiger partial charge in [0.25, 0.3) is 0 Å². The quantitative estimate of drug-likeness (QED) is 0.731. The average molecular weight is 233 g/mol. The number of hydrogen-bond donors (Lipinski definition) is 1. The minimum atomic E-state index is 0.969. The Morgan fingerprint density at radius 2 is 2.18 bits per heavy atom. The van der Waals surface area contributed by atoms with Crippen LogP contribution in [0.2, 0.25) is 0 Å². The van der Waals surface area contributed by atoms with Gasteiger partial charge in [0.2, 0.25) is 0 Å². The van der Waals surface area contributed by atoms with Crippen molar-refractivity contribution in [3.8, 4) is 5.75 Å². The highest BCUT2D eigenvalue weighted by molar-refractivity contribution is 5.34. The van der Waals surface area contributed by atoms with E-state index in [2.05, 4.69) is 24.4 Å². The maximum absolute atomic E-state index is 5.26. The van der Waals surface area contributed by atoms with Crippen molar-refractivity contribution in [2.75, 3.05) is 20.2 Å². The van der Waals surface area contributed by atoms with Crippen molar-refractivity contribution < 1.29 is 4.74 Å². The highest BCUT2D eigenvalue weighted by Crippen LogP contribution is 2.27. The van der Waals surface area contributed by atoms with E-state index in [1.54, 1.807) is 7.11 Å². The molecule has 2 rings (SSSR count). The van der Waals surface area contributed by atoms with Crippen molar-refractivity contribution in [1.29, 1.82) is 0 Å². The van der Waals surface area contributed by atoms with Gasteiger partial charge >= 0.3 is 0 Å². The van der Waals surface area contributed by atoms with Crippen LogP contribution in [-0.4, -0.2) is 20.2 Å². The lowest BCUT2D eigenvalue weighted by Gasteiger charge is -2.09. The first-order valence-electron chi connectivity index (χ1n) is 6.64. The molecule has 0 aliphatic heterocycles. The van der Waals surface area contributed by atoms with Gasteiger partial charge in [-0.15, -0.1) is 0 Å². The number of rotatable bonds is 7. The van der Waals surface area contributed by atoms with Crippen LogP contribution in [0.3, 0.4) is 0 Å². The highest BCUT2D eigenvalue weighted by Gasteiger charge is 2.19. The molecule has 1 aromatic rings. The van der Waals surface area contributed by atoms with Crippen molar-refractivity contribution in [2.45, 2.75) is 32.6 Å². The fourth-order valence-electron chi connectivity index (χ4n) is 2.08. The van der Waals surface area contributed by atoms with E-state index >= 15 is 0 Å². The molecule has 2 heteroatoms. The molecule has 0 atom stereocenters. The molecule has 0 saturated heterocycles. The molecule has 1 fully saturated rings. The zero-order chi connectivity index (χ0) is 12.1. The van der Waals surface area contributed by atoms with Gasteiger partial charge in [0.05, 0.1) is 7.11 Å². The third-order valence-corrected chi connectivity index (χ3v) is 3.49. The largest absolute Gasteiger partial charge is 0.497 e. The van der Waals surface area contributed by atoms with Gasteiger partial charge < -0.3 is 10.1 Å². The van der Waals surface area contributed by atoms with E-state index in [1.165, 1.54) is 36.9 Å². The molecule has 1 aliphatic rings. The maximum Gasteiger partial charge on any atom is 0.119 e. The standard InChI is InChI=1S/C15H23NO/c1-12-5-8-15(17-2)10-14(12)4-3-9-16-11-13-6-7-13/h5,8,10,13,16H,3-4,6-7,9,11H2,1-2H3. The number of benzene rings is 1. The number of hydrogen-bond acceptors (Lipinski definition) is 2. The van der Waals surface area contributed by atoms with Gasteiger partial charge in [-0.05, 0) is 74.9 Å². The van der Waals surface area contributed by atoms with E-state index in [0.29, 0.717) is 0 Å². The van der Waals surface area contributed by atoms with Crippen molar-refractivity contribution in [2.24, 2.45) is 5.92 Å². The third kappa shape index (κ3) is 4.04. The van der Waals surface area contributed by atoms with Crippen LogP contribution in [0.5, 0.6) is 5.75 Å². The van der Waals surface area contributed by atoms with Gasteiger partial charge in [0.15, 0.2) is 0 Å². The topological polar surface area (TPSA) is 21.3 Å². The van der Waals surface area contributed by atoms with Crippen molar-refractivity contribution in [3.05, 3.63) is 29.3 Å². The lowest BCUT2D eigenvalue weighted by Crippen LogP contribution is -2.18. The Morgan fingerprint density at radius 3 is 2.88 bits per heavy atom. The summed E-state index contributed by atoms with van der Waals surface area (Å²) >= 11 is 0. The summed E-state index contributed by atoms with van der Waals surface area (Å²) in [5, 5.41) is 3.53. The number of methoxy groups -OCH3 is 1. The SMILES string of the molecule is COc1ccc(C)c(CCCNCC2CC2)c1. The number of ether oxygens (including phenoxy) is 1. The van der Waals surface area contributed by atoms with Crippen molar-refractivity contribution in [1.82, 2.24) is 5.32 Å².